The first-order valence-corrected chi connectivity index (χ1v) is 9.31. The Balaban J connectivity index is 2.28. The summed E-state index contributed by atoms with van der Waals surface area (Å²) in [6.07, 6.45) is 3.25. The second-order valence-electron chi connectivity index (χ2n) is 4.34. The van der Waals surface area contributed by atoms with Gasteiger partial charge in [-0.2, -0.15) is 11.3 Å². The highest BCUT2D eigenvalue weighted by molar-refractivity contribution is 9.10. The highest BCUT2D eigenvalue weighted by Crippen LogP contribution is 2.32. The number of benzene rings is 1. The second kappa shape index (κ2) is 7.48. The molecule has 0 saturated heterocycles. The summed E-state index contributed by atoms with van der Waals surface area (Å²) in [5.74, 6) is 0. The van der Waals surface area contributed by atoms with Crippen molar-refractivity contribution in [1.29, 1.82) is 0 Å². The summed E-state index contributed by atoms with van der Waals surface area (Å²) in [5, 5.41) is 8.00. The van der Waals surface area contributed by atoms with Crippen molar-refractivity contribution in [2.75, 3.05) is 12.8 Å². The van der Waals surface area contributed by atoms with Gasteiger partial charge in [-0.3, -0.25) is 0 Å². The van der Waals surface area contributed by atoms with Gasteiger partial charge in [0.1, 0.15) is 0 Å². The summed E-state index contributed by atoms with van der Waals surface area (Å²) < 4.78 is 1.19. The summed E-state index contributed by atoms with van der Waals surface area (Å²) in [7, 11) is 0. The molecule has 0 saturated carbocycles. The van der Waals surface area contributed by atoms with Gasteiger partial charge in [0, 0.05) is 14.7 Å². The summed E-state index contributed by atoms with van der Waals surface area (Å²) in [6.45, 7) is 3.22. The number of rotatable bonds is 6. The maximum atomic E-state index is 3.65. The van der Waals surface area contributed by atoms with Crippen LogP contribution >= 0.6 is 39.0 Å². The van der Waals surface area contributed by atoms with Crippen molar-refractivity contribution in [2.24, 2.45) is 0 Å². The van der Waals surface area contributed by atoms with E-state index < -0.39 is 0 Å². The van der Waals surface area contributed by atoms with Crippen LogP contribution in [0.3, 0.4) is 0 Å². The summed E-state index contributed by atoms with van der Waals surface area (Å²) in [4.78, 5) is 1.31. The minimum Gasteiger partial charge on any atom is -0.306 e. The predicted octanol–water partition coefficient (Wildman–Crippen LogP) is 5.32. The maximum Gasteiger partial charge on any atom is 0.0596 e. The molecule has 1 heterocycles. The maximum absolute atomic E-state index is 3.65. The van der Waals surface area contributed by atoms with Crippen LogP contribution in [0.15, 0.2) is 44.4 Å². The van der Waals surface area contributed by atoms with E-state index in [1.54, 1.807) is 23.1 Å². The molecule has 0 aliphatic carbocycles. The quantitative estimate of drug-likeness (QED) is 0.703. The zero-order chi connectivity index (χ0) is 13.7. The minimum atomic E-state index is 0.275. The van der Waals surface area contributed by atoms with Gasteiger partial charge >= 0.3 is 0 Å². The van der Waals surface area contributed by atoms with Gasteiger partial charge in [-0.25, -0.2) is 0 Å². The standard InChI is InChI=1S/C15H18BrNS2/c1-3-8-17-15(13-9-19-10-14(13)16)11-4-6-12(18-2)7-5-11/h4-7,9-10,15,17H,3,8H2,1-2H3. The molecule has 0 bridgehead atoms. The number of thioether (sulfide) groups is 1. The molecular weight excluding hydrogens is 338 g/mol. The molecule has 102 valence electrons. The Hall–Kier alpha value is -0.290. The lowest BCUT2D eigenvalue weighted by Crippen LogP contribution is -2.23. The minimum absolute atomic E-state index is 0.275. The van der Waals surface area contributed by atoms with Crippen LogP contribution in [0.25, 0.3) is 0 Å². The average Bonchev–Trinajstić information content (AvgIpc) is 2.86. The Kier molecular flexibility index (Phi) is 5.95. The third-order valence-corrected chi connectivity index (χ3v) is 5.50. The molecule has 0 aliphatic rings. The molecule has 1 unspecified atom stereocenters. The summed E-state index contributed by atoms with van der Waals surface area (Å²) >= 11 is 7.17. The van der Waals surface area contributed by atoms with Gasteiger partial charge in [-0.1, -0.05) is 19.1 Å². The van der Waals surface area contributed by atoms with E-state index in [4.69, 9.17) is 0 Å². The number of nitrogens with one attached hydrogen (secondary N) is 1. The first kappa shape index (κ1) is 15.1. The molecule has 0 spiro atoms. The number of hydrogen-bond acceptors (Lipinski definition) is 3. The number of thiophene rings is 1. The van der Waals surface area contributed by atoms with Crippen molar-refractivity contribution in [3.8, 4) is 0 Å². The Bertz CT molecular complexity index is 507. The van der Waals surface area contributed by atoms with Crippen molar-refractivity contribution >= 4 is 39.0 Å². The molecule has 4 heteroatoms. The molecule has 1 atom stereocenters. The molecule has 1 aromatic carbocycles. The van der Waals surface area contributed by atoms with Crippen LogP contribution < -0.4 is 5.32 Å². The van der Waals surface area contributed by atoms with Gasteiger partial charge in [0.25, 0.3) is 0 Å². The lowest BCUT2D eigenvalue weighted by Gasteiger charge is -2.19. The van der Waals surface area contributed by atoms with Gasteiger partial charge < -0.3 is 5.32 Å². The highest BCUT2D eigenvalue weighted by atomic mass is 79.9. The van der Waals surface area contributed by atoms with Gasteiger partial charge in [-0.05, 0) is 63.8 Å². The number of hydrogen-bond donors (Lipinski definition) is 1. The van der Waals surface area contributed by atoms with E-state index in [-0.39, 0.29) is 6.04 Å². The Labute approximate surface area is 131 Å². The van der Waals surface area contributed by atoms with Crippen LogP contribution in [0, 0.1) is 0 Å². The van der Waals surface area contributed by atoms with Crippen LogP contribution in [-0.2, 0) is 0 Å². The molecule has 2 aromatic rings. The number of halogens is 1. The normalized spacial score (nSPS) is 12.6. The van der Waals surface area contributed by atoms with E-state index in [1.165, 1.54) is 20.5 Å². The lowest BCUT2D eigenvalue weighted by atomic mass is 10.0. The van der Waals surface area contributed by atoms with Crippen LogP contribution in [-0.4, -0.2) is 12.8 Å². The smallest absolute Gasteiger partial charge is 0.0596 e. The molecule has 0 aliphatic heterocycles. The molecule has 0 fully saturated rings. The molecule has 2 rings (SSSR count). The second-order valence-corrected chi connectivity index (χ2v) is 6.81. The van der Waals surface area contributed by atoms with Crippen LogP contribution in [0.2, 0.25) is 0 Å². The Morgan fingerprint density at radius 3 is 2.53 bits per heavy atom. The molecule has 0 amide bonds. The Morgan fingerprint density at radius 2 is 2.00 bits per heavy atom. The van der Waals surface area contributed by atoms with E-state index in [0.717, 1.165) is 13.0 Å². The van der Waals surface area contributed by atoms with Crippen LogP contribution in [0.5, 0.6) is 0 Å². The summed E-state index contributed by atoms with van der Waals surface area (Å²) in [5.41, 5.74) is 2.65. The molecule has 0 radical (unpaired) electrons. The molecular formula is C15H18BrNS2. The van der Waals surface area contributed by atoms with Crippen molar-refractivity contribution in [2.45, 2.75) is 24.3 Å². The van der Waals surface area contributed by atoms with Gasteiger partial charge in [0.2, 0.25) is 0 Å². The molecule has 1 N–H and O–H groups in total. The first-order chi connectivity index (χ1) is 9.26. The molecule has 19 heavy (non-hydrogen) atoms. The predicted molar refractivity (Wildman–Crippen MR) is 90.4 cm³/mol. The zero-order valence-corrected chi connectivity index (χ0v) is 14.4. The van der Waals surface area contributed by atoms with E-state index in [2.05, 4.69) is 69.5 Å². The third-order valence-electron chi connectivity index (χ3n) is 3.00. The summed E-state index contributed by atoms with van der Waals surface area (Å²) in [6, 6.07) is 9.12. The topological polar surface area (TPSA) is 12.0 Å². The largest absolute Gasteiger partial charge is 0.306 e. The van der Waals surface area contributed by atoms with Gasteiger partial charge in [0.15, 0.2) is 0 Å². The van der Waals surface area contributed by atoms with E-state index >= 15 is 0 Å². The van der Waals surface area contributed by atoms with Crippen molar-refractivity contribution < 1.29 is 0 Å². The van der Waals surface area contributed by atoms with E-state index in [1.807, 2.05) is 0 Å². The monoisotopic (exact) mass is 355 g/mol. The van der Waals surface area contributed by atoms with Gasteiger partial charge in [-0.15, -0.1) is 11.8 Å². The van der Waals surface area contributed by atoms with Crippen molar-refractivity contribution in [3.63, 3.8) is 0 Å². The molecule has 1 aromatic heterocycles. The first-order valence-electron chi connectivity index (χ1n) is 6.35. The SMILES string of the molecule is CCCNC(c1ccc(SC)cc1)c1cscc1Br. The molecule has 1 nitrogen and oxygen atoms in total. The fraction of sp³-hybridized carbons (Fsp3) is 0.333. The Morgan fingerprint density at radius 1 is 1.26 bits per heavy atom. The average molecular weight is 356 g/mol. The van der Waals surface area contributed by atoms with Crippen LogP contribution in [0.1, 0.15) is 30.5 Å². The van der Waals surface area contributed by atoms with E-state index in [9.17, 15) is 0 Å². The van der Waals surface area contributed by atoms with Gasteiger partial charge in [0.05, 0.1) is 6.04 Å². The zero-order valence-electron chi connectivity index (χ0n) is 11.2. The third kappa shape index (κ3) is 3.85. The van der Waals surface area contributed by atoms with E-state index in [0.29, 0.717) is 0 Å². The van der Waals surface area contributed by atoms with Crippen molar-refractivity contribution in [1.82, 2.24) is 5.32 Å². The fourth-order valence-corrected chi connectivity index (χ4v) is 3.95. The lowest BCUT2D eigenvalue weighted by molar-refractivity contribution is 0.598. The van der Waals surface area contributed by atoms with Crippen LogP contribution in [0.4, 0.5) is 0 Å². The fourth-order valence-electron chi connectivity index (χ4n) is 1.99. The highest BCUT2D eigenvalue weighted by Gasteiger charge is 2.16. The van der Waals surface area contributed by atoms with Crippen molar-refractivity contribution in [3.05, 3.63) is 50.6 Å².